The summed E-state index contributed by atoms with van der Waals surface area (Å²) in [4.78, 5) is 12.6. The SMILES string of the molecule is O=C(OCc1ccccc1)N1CCC(F)C1O. The molecule has 92 valence electrons. The molecule has 0 aromatic heterocycles. The number of rotatable bonds is 2. The maximum absolute atomic E-state index is 13.0. The second kappa shape index (κ2) is 5.14. The summed E-state index contributed by atoms with van der Waals surface area (Å²) in [7, 11) is 0. The van der Waals surface area contributed by atoms with E-state index in [9.17, 15) is 14.3 Å². The third kappa shape index (κ3) is 2.74. The molecule has 1 amide bonds. The lowest BCUT2D eigenvalue weighted by molar-refractivity contribution is -0.00789. The minimum Gasteiger partial charge on any atom is -0.444 e. The van der Waals surface area contributed by atoms with Gasteiger partial charge in [0, 0.05) is 13.0 Å². The molecule has 0 radical (unpaired) electrons. The molecule has 1 aromatic carbocycles. The van der Waals surface area contributed by atoms with E-state index in [0.717, 1.165) is 10.5 Å². The van der Waals surface area contributed by atoms with Gasteiger partial charge >= 0.3 is 6.09 Å². The van der Waals surface area contributed by atoms with E-state index in [4.69, 9.17) is 4.74 Å². The second-order valence-electron chi connectivity index (χ2n) is 3.95. The Morgan fingerprint density at radius 3 is 2.76 bits per heavy atom. The van der Waals surface area contributed by atoms with Gasteiger partial charge in [-0.3, -0.25) is 4.90 Å². The molecule has 0 aliphatic carbocycles. The molecule has 2 rings (SSSR count). The topological polar surface area (TPSA) is 49.8 Å². The Morgan fingerprint density at radius 1 is 1.47 bits per heavy atom. The number of hydrogen-bond donors (Lipinski definition) is 1. The van der Waals surface area contributed by atoms with Crippen LogP contribution in [0, 0.1) is 0 Å². The highest BCUT2D eigenvalue weighted by Crippen LogP contribution is 2.19. The van der Waals surface area contributed by atoms with Crippen molar-refractivity contribution in [2.75, 3.05) is 6.54 Å². The number of carbonyl (C=O) groups excluding carboxylic acids is 1. The maximum Gasteiger partial charge on any atom is 0.412 e. The van der Waals surface area contributed by atoms with Crippen LogP contribution in [0.2, 0.25) is 0 Å². The minimum absolute atomic E-state index is 0.125. The Balaban J connectivity index is 1.86. The van der Waals surface area contributed by atoms with E-state index < -0.39 is 18.5 Å². The van der Waals surface area contributed by atoms with E-state index in [2.05, 4.69) is 0 Å². The number of alkyl halides is 1. The summed E-state index contributed by atoms with van der Waals surface area (Å²) < 4.78 is 18.0. The van der Waals surface area contributed by atoms with Crippen molar-refractivity contribution in [2.24, 2.45) is 0 Å². The molecule has 1 N–H and O–H groups in total. The number of likely N-dealkylation sites (tertiary alicyclic amines) is 1. The van der Waals surface area contributed by atoms with E-state index >= 15 is 0 Å². The first-order valence-corrected chi connectivity index (χ1v) is 5.48. The highest BCUT2D eigenvalue weighted by atomic mass is 19.1. The molecule has 2 atom stereocenters. The number of halogens is 1. The number of carbonyl (C=O) groups is 1. The predicted molar refractivity (Wildman–Crippen MR) is 58.9 cm³/mol. The number of amides is 1. The van der Waals surface area contributed by atoms with Gasteiger partial charge < -0.3 is 9.84 Å². The molecule has 1 saturated heterocycles. The van der Waals surface area contributed by atoms with Crippen LogP contribution in [0.15, 0.2) is 30.3 Å². The van der Waals surface area contributed by atoms with Crippen LogP contribution >= 0.6 is 0 Å². The summed E-state index contributed by atoms with van der Waals surface area (Å²) in [5, 5.41) is 9.38. The summed E-state index contributed by atoms with van der Waals surface area (Å²) in [6, 6.07) is 9.19. The van der Waals surface area contributed by atoms with Crippen LogP contribution in [0.25, 0.3) is 0 Å². The van der Waals surface area contributed by atoms with Crippen molar-refractivity contribution in [1.29, 1.82) is 0 Å². The Bertz CT molecular complexity index is 385. The minimum atomic E-state index is -1.38. The molecule has 1 aliphatic heterocycles. The van der Waals surface area contributed by atoms with Gasteiger partial charge in [0.2, 0.25) is 0 Å². The van der Waals surface area contributed by atoms with E-state index in [1.165, 1.54) is 0 Å². The Hall–Kier alpha value is -1.62. The average Bonchev–Trinajstić information content (AvgIpc) is 2.69. The number of nitrogens with zero attached hydrogens (tertiary/aromatic N) is 1. The van der Waals surface area contributed by atoms with Gasteiger partial charge in [0.15, 0.2) is 6.23 Å². The smallest absolute Gasteiger partial charge is 0.412 e. The van der Waals surface area contributed by atoms with Crippen molar-refractivity contribution < 1.29 is 19.0 Å². The van der Waals surface area contributed by atoms with Crippen molar-refractivity contribution in [3.63, 3.8) is 0 Å². The summed E-state index contributed by atoms with van der Waals surface area (Å²) in [5.74, 6) is 0. The van der Waals surface area contributed by atoms with Gasteiger partial charge in [-0.25, -0.2) is 9.18 Å². The highest BCUT2D eigenvalue weighted by Gasteiger charge is 2.36. The van der Waals surface area contributed by atoms with Crippen molar-refractivity contribution in [1.82, 2.24) is 4.90 Å². The zero-order valence-corrected chi connectivity index (χ0v) is 9.25. The van der Waals surface area contributed by atoms with Crippen molar-refractivity contribution in [3.8, 4) is 0 Å². The Morgan fingerprint density at radius 2 is 2.18 bits per heavy atom. The lowest BCUT2D eigenvalue weighted by atomic mass is 10.2. The normalized spacial score (nSPS) is 23.8. The molecule has 5 heteroatoms. The molecule has 2 unspecified atom stereocenters. The standard InChI is InChI=1S/C12H14FNO3/c13-10-6-7-14(11(10)15)12(16)17-8-9-4-2-1-3-5-9/h1-5,10-11,15H,6-8H2. The number of aliphatic hydroxyl groups is 1. The van der Waals surface area contributed by atoms with Gasteiger partial charge in [-0.2, -0.15) is 0 Å². The van der Waals surface area contributed by atoms with Crippen molar-refractivity contribution in [2.45, 2.75) is 25.4 Å². The fourth-order valence-corrected chi connectivity index (χ4v) is 1.74. The summed E-state index contributed by atoms with van der Waals surface area (Å²) in [6.07, 6.45) is -3.28. The molecular weight excluding hydrogens is 225 g/mol. The summed E-state index contributed by atoms with van der Waals surface area (Å²) in [5.41, 5.74) is 0.853. The zero-order chi connectivity index (χ0) is 12.3. The number of ether oxygens (including phenoxy) is 1. The first-order valence-electron chi connectivity index (χ1n) is 5.48. The van der Waals surface area contributed by atoms with E-state index in [0.29, 0.717) is 0 Å². The van der Waals surface area contributed by atoms with E-state index in [1.54, 1.807) is 0 Å². The molecule has 0 bridgehead atoms. The molecule has 1 aromatic rings. The van der Waals surface area contributed by atoms with Gasteiger partial charge in [-0.1, -0.05) is 30.3 Å². The summed E-state index contributed by atoms with van der Waals surface area (Å²) >= 11 is 0. The first-order chi connectivity index (χ1) is 8.18. The fraction of sp³-hybridized carbons (Fsp3) is 0.417. The molecule has 0 saturated carbocycles. The quantitative estimate of drug-likeness (QED) is 0.854. The lowest BCUT2D eigenvalue weighted by Gasteiger charge is -2.20. The molecule has 1 heterocycles. The predicted octanol–water partition coefficient (Wildman–Crippen LogP) is 1.69. The number of hydrogen-bond acceptors (Lipinski definition) is 3. The van der Waals surface area contributed by atoms with Gasteiger partial charge in [0.1, 0.15) is 12.8 Å². The summed E-state index contributed by atoms with van der Waals surface area (Å²) in [6.45, 7) is 0.315. The Kier molecular flexibility index (Phi) is 3.58. The number of benzene rings is 1. The van der Waals surface area contributed by atoms with E-state index in [-0.39, 0.29) is 19.6 Å². The zero-order valence-electron chi connectivity index (χ0n) is 9.25. The Labute approximate surface area is 98.6 Å². The number of aliphatic hydroxyl groups excluding tert-OH is 1. The van der Waals surface area contributed by atoms with Crippen LogP contribution in [0.4, 0.5) is 9.18 Å². The van der Waals surface area contributed by atoms with Crippen LogP contribution in [0.5, 0.6) is 0 Å². The average molecular weight is 239 g/mol. The molecule has 1 aliphatic rings. The third-order valence-electron chi connectivity index (χ3n) is 2.73. The molecular formula is C12H14FNO3. The van der Waals surface area contributed by atoms with Crippen LogP contribution in [0.3, 0.4) is 0 Å². The lowest BCUT2D eigenvalue weighted by Crippen LogP contribution is -2.38. The fourth-order valence-electron chi connectivity index (χ4n) is 1.74. The van der Waals surface area contributed by atoms with Gasteiger partial charge in [-0.05, 0) is 5.56 Å². The molecule has 1 fully saturated rings. The molecule has 0 spiro atoms. The van der Waals surface area contributed by atoms with Crippen LogP contribution in [-0.4, -0.2) is 35.0 Å². The van der Waals surface area contributed by atoms with Gasteiger partial charge in [0.25, 0.3) is 0 Å². The van der Waals surface area contributed by atoms with Gasteiger partial charge in [-0.15, -0.1) is 0 Å². The van der Waals surface area contributed by atoms with Gasteiger partial charge in [0.05, 0.1) is 0 Å². The molecule has 4 nitrogen and oxygen atoms in total. The largest absolute Gasteiger partial charge is 0.444 e. The highest BCUT2D eigenvalue weighted by molar-refractivity contribution is 5.68. The van der Waals surface area contributed by atoms with Crippen LogP contribution < -0.4 is 0 Å². The van der Waals surface area contributed by atoms with Crippen LogP contribution in [0.1, 0.15) is 12.0 Å². The third-order valence-corrected chi connectivity index (χ3v) is 2.73. The van der Waals surface area contributed by atoms with E-state index in [1.807, 2.05) is 30.3 Å². The monoisotopic (exact) mass is 239 g/mol. The first kappa shape index (κ1) is 11.9. The van der Waals surface area contributed by atoms with Crippen molar-refractivity contribution >= 4 is 6.09 Å². The molecule has 17 heavy (non-hydrogen) atoms. The maximum atomic E-state index is 13.0. The van der Waals surface area contributed by atoms with Crippen LogP contribution in [-0.2, 0) is 11.3 Å². The second-order valence-corrected chi connectivity index (χ2v) is 3.95. The van der Waals surface area contributed by atoms with Crippen molar-refractivity contribution in [3.05, 3.63) is 35.9 Å².